The molecule has 112 valence electrons. The van der Waals surface area contributed by atoms with Crippen molar-refractivity contribution in [2.75, 3.05) is 38.4 Å². The minimum atomic E-state index is -0.470. The van der Waals surface area contributed by atoms with Gasteiger partial charge < -0.3 is 26.3 Å². The molecule has 0 aromatic carbocycles. The molecule has 6 nitrogen and oxygen atoms in total. The number of nitrogen functional groups attached to an aromatic ring is 1. The number of anilines is 2. The van der Waals surface area contributed by atoms with Crippen molar-refractivity contribution < 1.29 is 14.3 Å². The minimum Gasteiger partial charge on any atom is -0.397 e. The van der Waals surface area contributed by atoms with Crippen LogP contribution in [-0.2, 0) is 9.47 Å². The molecule has 20 heavy (non-hydrogen) atoms. The summed E-state index contributed by atoms with van der Waals surface area (Å²) >= 11 is 1.33. The van der Waals surface area contributed by atoms with Crippen molar-refractivity contribution in [3.63, 3.8) is 0 Å². The molecule has 1 aliphatic rings. The van der Waals surface area contributed by atoms with E-state index in [0.29, 0.717) is 29.6 Å². The highest BCUT2D eigenvalue weighted by molar-refractivity contribution is 7.18. The Hall–Kier alpha value is -1.31. The van der Waals surface area contributed by atoms with E-state index < -0.39 is 5.91 Å². The van der Waals surface area contributed by atoms with Crippen molar-refractivity contribution in [3.8, 4) is 0 Å². The third-order valence-electron chi connectivity index (χ3n) is 3.37. The van der Waals surface area contributed by atoms with Crippen LogP contribution in [-0.4, -0.2) is 39.4 Å². The number of nitrogens with two attached hydrogens (primary N) is 2. The first-order chi connectivity index (χ1) is 9.58. The molecule has 1 fully saturated rings. The highest BCUT2D eigenvalue weighted by atomic mass is 32.1. The number of amides is 1. The summed E-state index contributed by atoms with van der Waals surface area (Å²) in [5.74, 6) is -0.0205. The predicted octanol–water partition coefficient (Wildman–Crippen LogP) is 1.38. The molecule has 1 aromatic heterocycles. The number of carbonyl (C=O) groups excluding carboxylic acids is 1. The van der Waals surface area contributed by atoms with E-state index >= 15 is 0 Å². The van der Waals surface area contributed by atoms with E-state index in [4.69, 9.17) is 20.9 Å². The second kappa shape index (κ2) is 6.43. The molecule has 0 radical (unpaired) electrons. The fraction of sp³-hybridized carbons (Fsp3) is 0.615. The Morgan fingerprint density at radius 3 is 2.70 bits per heavy atom. The summed E-state index contributed by atoms with van der Waals surface area (Å²) in [5.41, 5.74) is 13.0. The molecule has 1 atom stereocenters. The SMILES string of the molecule is COCC(CNc1sc(C(N)=O)c(N)c1C1CC1)OC. The number of carbonyl (C=O) groups is 1. The summed E-state index contributed by atoms with van der Waals surface area (Å²) in [6.45, 7) is 1.11. The van der Waals surface area contributed by atoms with Crippen molar-refractivity contribution in [1.82, 2.24) is 0 Å². The molecule has 1 heterocycles. The molecular weight excluding hydrogens is 278 g/mol. The summed E-state index contributed by atoms with van der Waals surface area (Å²) in [7, 11) is 3.28. The fourth-order valence-electron chi connectivity index (χ4n) is 2.15. The molecule has 0 saturated heterocycles. The van der Waals surface area contributed by atoms with E-state index in [1.165, 1.54) is 11.3 Å². The van der Waals surface area contributed by atoms with Crippen LogP contribution in [0.1, 0.15) is 34.0 Å². The summed E-state index contributed by atoms with van der Waals surface area (Å²) in [6, 6.07) is 0. The van der Waals surface area contributed by atoms with Gasteiger partial charge in [-0.05, 0) is 18.8 Å². The zero-order valence-corrected chi connectivity index (χ0v) is 12.6. The van der Waals surface area contributed by atoms with Crippen LogP contribution in [0, 0.1) is 0 Å². The van der Waals surface area contributed by atoms with Gasteiger partial charge in [-0.25, -0.2) is 0 Å². The maximum absolute atomic E-state index is 11.4. The maximum Gasteiger partial charge on any atom is 0.260 e. The Morgan fingerprint density at radius 1 is 1.50 bits per heavy atom. The Bertz CT molecular complexity index is 485. The number of methoxy groups -OCH3 is 2. The third-order valence-corrected chi connectivity index (χ3v) is 4.56. The number of thiophene rings is 1. The standard InChI is InChI=1S/C13H21N3O3S/c1-18-6-8(19-2)5-16-13-9(7-3-4-7)10(14)11(20-13)12(15)17/h7-8,16H,3-6,14H2,1-2H3,(H2,15,17). The highest BCUT2D eigenvalue weighted by Crippen LogP contribution is 2.50. The number of primary amides is 1. The molecule has 1 aliphatic carbocycles. The van der Waals surface area contributed by atoms with E-state index in [2.05, 4.69) is 5.32 Å². The van der Waals surface area contributed by atoms with Crippen LogP contribution in [0.4, 0.5) is 10.7 Å². The van der Waals surface area contributed by atoms with Crippen LogP contribution in [0.25, 0.3) is 0 Å². The van der Waals surface area contributed by atoms with Gasteiger partial charge in [0.15, 0.2) is 0 Å². The van der Waals surface area contributed by atoms with Gasteiger partial charge in [-0.15, -0.1) is 11.3 Å². The van der Waals surface area contributed by atoms with Gasteiger partial charge in [0.05, 0.1) is 23.4 Å². The molecule has 1 unspecified atom stereocenters. The van der Waals surface area contributed by atoms with Crippen LogP contribution in [0.2, 0.25) is 0 Å². The molecule has 5 N–H and O–H groups in total. The second-order valence-electron chi connectivity index (χ2n) is 4.92. The molecule has 2 rings (SSSR count). The van der Waals surface area contributed by atoms with Crippen LogP contribution in [0.3, 0.4) is 0 Å². The molecule has 1 aromatic rings. The minimum absolute atomic E-state index is 0.0487. The molecular formula is C13H21N3O3S. The lowest BCUT2D eigenvalue weighted by Crippen LogP contribution is -2.26. The summed E-state index contributed by atoms with van der Waals surface area (Å²) in [6.07, 6.45) is 2.17. The van der Waals surface area contributed by atoms with Gasteiger partial charge in [-0.1, -0.05) is 0 Å². The van der Waals surface area contributed by atoms with E-state index in [1.54, 1.807) is 14.2 Å². The van der Waals surface area contributed by atoms with Gasteiger partial charge in [0.1, 0.15) is 4.88 Å². The molecule has 0 bridgehead atoms. The number of ether oxygens (including phenoxy) is 2. The average Bonchev–Trinajstić information content (AvgIpc) is 3.18. The highest BCUT2D eigenvalue weighted by Gasteiger charge is 2.32. The Morgan fingerprint density at radius 2 is 2.20 bits per heavy atom. The first-order valence-electron chi connectivity index (χ1n) is 6.56. The van der Waals surface area contributed by atoms with Crippen LogP contribution in [0.5, 0.6) is 0 Å². The lowest BCUT2D eigenvalue weighted by Gasteiger charge is -2.15. The van der Waals surface area contributed by atoms with Crippen LogP contribution < -0.4 is 16.8 Å². The van der Waals surface area contributed by atoms with Gasteiger partial charge >= 0.3 is 0 Å². The fourth-order valence-corrected chi connectivity index (χ4v) is 3.22. The van der Waals surface area contributed by atoms with Gasteiger partial charge in [0.2, 0.25) is 0 Å². The number of rotatable bonds is 8. The van der Waals surface area contributed by atoms with Crippen molar-refractivity contribution in [1.29, 1.82) is 0 Å². The van der Waals surface area contributed by atoms with Crippen molar-refractivity contribution >= 4 is 27.9 Å². The predicted molar refractivity (Wildman–Crippen MR) is 80.4 cm³/mol. The van der Waals surface area contributed by atoms with E-state index in [1.807, 2.05) is 0 Å². The smallest absolute Gasteiger partial charge is 0.260 e. The van der Waals surface area contributed by atoms with Crippen molar-refractivity contribution in [2.24, 2.45) is 5.73 Å². The van der Waals surface area contributed by atoms with Crippen LogP contribution in [0.15, 0.2) is 0 Å². The van der Waals surface area contributed by atoms with Gasteiger partial charge in [0, 0.05) is 26.3 Å². The molecule has 1 saturated carbocycles. The zero-order chi connectivity index (χ0) is 14.7. The van der Waals surface area contributed by atoms with Crippen LogP contribution >= 0.6 is 11.3 Å². The number of nitrogens with one attached hydrogen (secondary N) is 1. The quantitative estimate of drug-likeness (QED) is 0.673. The molecule has 7 heteroatoms. The Labute approximate surface area is 122 Å². The zero-order valence-electron chi connectivity index (χ0n) is 11.8. The molecule has 0 aliphatic heterocycles. The van der Waals surface area contributed by atoms with Gasteiger partial charge in [-0.3, -0.25) is 4.79 Å². The monoisotopic (exact) mass is 299 g/mol. The maximum atomic E-state index is 11.4. The van der Waals surface area contributed by atoms with E-state index in [9.17, 15) is 4.79 Å². The Kier molecular flexibility index (Phi) is 4.85. The summed E-state index contributed by atoms with van der Waals surface area (Å²) < 4.78 is 10.4. The summed E-state index contributed by atoms with van der Waals surface area (Å²) in [4.78, 5) is 11.8. The second-order valence-corrected chi connectivity index (χ2v) is 5.94. The van der Waals surface area contributed by atoms with Crippen molar-refractivity contribution in [3.05, 3.63) is 10.4 Å². The molecule has 1 amide bonds. The van der Waals surface area contributed by atoms with Gasteiger partial charge in [-0.2, -0.15) is 0 Å². The van der Waals surface area contributed by atoms with Gasteiger partial charge in [0.25, 0.3) is 5.91 Å². The average molecular weight is 299 g/mol. The normalized spacial score (nSPS) is 16.1. The van der Waals surface area contributed by atoms with Crippen molar-refractivity contribution in [2.45, 2.75) is 24.9 Å². The first-order valence-corrected chi connectivity index (χ1v) is 7.37. The first kappa shape index (κ1) is 15.1. The number of hydrogen-bond donors (Lipinski definition) is 3. The Balaban J connectivity index is 2.14. The summed E-state index contributed by atoms with van der Waals surface area (Å²) in [5, 5.41) is 4.24. The third kappa shape index (κ3) is 3.23. The van der Waals surface area contributed by atoms with E-state index in [0.717, 1.165) is 23.4 Å². The topological polar surface area (TPSA) is 99.6 Å². The van der Waals surface area contributed by atoms with E-state index in [-0.39, 0.29) is 6.10 Å². The lowest BCUT2D eigenvalue weighted by molar-refractivity contribution is 0.0366. The molecule has 0 spiro atoms. The number of hydrogen-bond acceptors (Lipinski definition) is 6. The lowest BCUT2D eigenvalue weighted by atomic mass is 10.1. The largest absolute Gasteiger partial charge is 0.397 e.